The molecule has 0 amide bonds. The van der Waals surface area contributed by atoms with Crippen LogP contribution in [0.5, 0.6) is 0 Å². The maximum Gasteiger partial charge on any atom is 0.201 e. The lowest BCUT2D eigenvalue weighted by Gasteiger charge is -2.26. The summed E-state index contributed by atoms with van der Waals surface area (Å²) in [5, 5.41) is 22.1. The Morgan fingerprint density at radius 3 is 1.03 bits per heavy atom. The van der Waals surface area contributed by atoms with E-state index in [0.29, 0.717) is 22.3 Å². The molecule has 8 nitrogen and oxygen atoms in total. The number of rotatable bonds is 28. The van der Waals surface area contributed by atoms with Gasteiger partial charge in [0.25, 0.3) is 0 Å². The number of hydrogen-bond donors (Lipinski definition) is 2. The molecule has 0 radical (unpaired) electrons. The van der Waals surface area contributed by atoms with Gasteiger partial charge in [-0.15, -0.1) is 0 Å². The van der Waals surface area contributed by atoms with E-state index in [0.717, 1.165) is 159 Å². The standard InChI is InChI=1S/C58H74N4O4S3/c1-7-11-31-61(32-12-8-2)49-27-19-45(20-28-49)53-55(63)51(56(53)64)43-15-23-47(24-16-43)59(5)35-37-67-39-41-69-42-40-68-38-36-60(6)48-25-17-44(18-26-48)52-57(65)54(58(52)66)46-21-29-50(30-22-46)62(33-13-9-3)34-14-10-4/h15-30H,7-14,31-42H2,1-6H3/p+2. The van der Waals surface area contributed by atoms with Crippen LogP contribution in [0.15, 0.2) is 131 Å². The number of aliphatic hydroxyl groups excluding tert-OH is 2. The molecule has 0 saturated heterocycles. The van der Waals surface area contributed by atoms with E-state index in [2.05, 4.69) is 85.0 Å². The van der Waals surface area contributed by atoms with Crippen LogP contribution >= 0.6 is 35.3 Å². The number of aliphatic hydroxyl groups is 2. The average Bonchev–Trinajstić information content (AvgIpc) is 3.36. The highest BCUT2D eigenvalue weighted by molar-refractivity contribution is 8.04. The van der Waals surface area contributed by atoms with E-state index in [1.807, 2.05) is 108 Å². The summed E-state index contributed by atoms with van der Waals surface area (Å²) in [6.07, 6.45) is 25.2. The number of carbonyl (C=O) groups excluding carboxylic acids is 2. The Labute approximate surface area is 426 Å². The van der Waals surface area contributed by atoms with Crippen molar-refractivity contribution in [2.45, 2.75) is 79.1 Å². The van der Waals surface area contributed by atoms with Gasteiger partial charge in [0, 0.05) is 84.9 Å². The Bertz CT molecular complexity index is 2230. The molecular formula is C58H76N4O4S3+2. The zero-order valence-electron chi connectivity index (χ0n) is 42.1. The van der Waals surface area contributed by atoms with Crippen molar-refractivity contribution in [3.63, 3.8) is 0 Å². The van der Waals surface area contributed by atoms with E-state index in [4.69, 9.17) is 0 Å². The number of ketones is 2. The van der Waals surface area contributed by atoms with Gasteiger partial charge in [0.2, 0.25) is 11.6 Å². The summed E-state index contributed by atoms with van der Waals surface area (Å²) in [6.45, 7) is 14.8. The van der Waals surface area contributed by atoms with Crippen LogP contribution in [0.1, 0.15) is 90.2 Å². The minimum absolute atomic E-state index is 0.0877. The predicted octanol–water partition coefficient (Wildman–Crippen LogP) is 12.1. The Morgan fingerprint density at radius 2 is 0.739 bits per heavy atom. The topological polar surface area (TPSA) is 87.1 Å². The largest absolute Gasteiger partial charge is 0.506 e. The minimum atomic E-state index is -0.0998. The highest BCUT2D eigenvalue weighted by Crippen LogP contribution is 2.41. The third-order valence-electron chi connectivity index (χ3n) is 13.1. The summed E-state index contributed by atoms with van der Waals surface area (Å²) in [5.41, 5.74) is 9.19. The third-order valence-corrected chi connectivity index (χ3v) is 16.5. The fourth-order valence-electron chi connectivity index (χ4n) is 8.66. The van der Waals surface area contributed by atoms with E-state index in [9.17, 15) is 19.8 Å². The Morgan fingerprint density at radius 1 is 0.435 bits per heavy atom. The fraction of sp³-hybridized carbons (Fsp3) is 0.448. The van der Waals surface area contributed by atoms with Crippen molar-refractivity contribution in [1.82, 2.24) is 0 Å². The molecule has 2 aromatic rings. The number of carbonyl (C=O) groups is 2. The van der Waals surface area contributed by atoms with Crippen molar-refractivity contribution in [3.8, 4) is 0 Å². The van der Waals surface area contributed by atoms with Gasteiger partial charge in [0.15, 0.2) is 24.5 Å². The maximum atomic E-state index is 13.3. The molecular weight excluding hydrogens is 913 g/mol. The highest BCUT2D eigenvalue weighted by atomic mass is 32.2. The van der Waals surface area contributed by atoms with Crippen LogP contribution in [-0.4, -0.2) is 130 Å². The first-order valence-corrected chi connectivity index (χ1v) is 28.9. The number of thioether (sulfide) groups is 3. The second kappa shape index (κ2) is 27.6. The first kappa shape index (κ1) is 53.6. The summed E-state index contributed by atoms with van der Waals surface area (Å²) in [4.78, 5) is 31.5. The molecule has 0 heterocycles. The van der Waals surface area contributed by atoms with Crippen LogP contribution in [0.2, 0.25) is 0 Å². The molecule has 0 aromatic heterocycles. The monoisotopic (exact) mass is 989 g/mol. The number of Topliss-reactive ketones (excluding diaryl/α,β-unsaturated/α-hetero) is 2. The van der Waals surface area contributed by atoms with E-state index in [-0.39, 0.29) is 23.1 Å². The number of benzene rings is 2. The van der Waals surface area contributed by atoms with Crippen LogP contribution < -0.4 is 9.80 Å². The first-order chi connectivity index (χ1) is 33.6. The van der Waals surface area contributed by atoms with Gasteiger partial charge in [-0.3, -0.25) is 9.59 Å². The van der Waals surface area contributed by atoms with Crippen LogP contribution in [0.25, 0.3) is 11.1 Å². The smallest absolute Gasteiger partial charge is 0.201 e. The molecule has 2 aromatic carbocycles. The number of unbranched alkanes of at least 4 members (excludes halogenated alkanes) is 4. The SMILES string of the molecule is CCCCN(CCCC)c1ccc(C2=C(O)C(=C3C=CC(=[N+](C)CCSCCSCCSCC[N+](C)=C4C=CC(=C5C(=O)C(c6ccc(N(CCCC)CCCC)cc6)=C5O)C=C4)C=C3)C2=O)cc1. The van der Waals surface area contributed by atoms with Crippen LogP contribution in [0.3, 0.4) is 0 Å². The van der Waals surface area contributed by atoms with E-state index in [1.54, 1.807) is 0 Å². The molecule has 368 valence electrons. The molecule has 11 heteroatoms. The first-order valence-electron chi connectivity index (χ1n) is 25.4. The molecule has 0 aliphatic heterocycles. The van der Waals surface area contributed by atoms with E-state index >= 15 is 0 Å². The quantitative estimate of drug-likeness (QED) is 0.0492. The summed E-state index contributed by atoms with van der Waals surface area (Å²) >= 11 is 5.98. The molecule has 2 N–H and O–H groups in total. The summed E-state index contributed by atoms with van der Waals surface area (Å²) in [7, 11) is 4.21. The number of nitrogens with zero attached hydrogens (tertiary/aromatic N) is 4. The Balaban J connectivity index is 0.857. The van der Waals surface area contributed by atoms with Crippen LogP contribution in [0, 0.1) is 0 Å². The van der Waals surface area contributed by atoms with Crippen LogP contribution in [-0.2, 0) is 9.59 Å². The summed E-state index contributed by atoms with van der Waals surface area (Å²) in [6, 6.07) is 16.2. The lowest BCUT2D eigenvalue weighted by Crippen LogP contribution is -2.26. The fourth-order valence-corrected chi connectivity index (χ4v) is 12.0. The number of allylic oxidation sites excluding steroid dienone is 14. The lowest BCUT2D eigenvalue weighted by molar-refractivity contribution is -0.490. The second-order valence-corrected chi connectivity index (χ2v) is 21.8. The second-order valence-electron chi connectivity index (χ2n) is 18.1. The zero-order chi connectivity index (χ0) is 49.1. The van der Waals surface area contributed by atoms with Crippen molar-refractivity contribution >= 4 is 80.8 Å². The molecule has 0 fully saturated rings. The summed E-state index contributed by atoms with van der Waals surface area (Å²) < 4.78 is 4.49. The van der Waals surface area contributed by atoms with Crippen LogP contribution in [0.4, 0.5) is 11.4 Å². The van der Waals surface area contributed by atoms with Gasteiger partial charge in [-0.05, 0) is 96.5 Å². The zero-order valence-corrected chi connectivity index (χ0v) is 44.6. The average molecular weight is 989 g/mol. The molecule has 4 aliphatic carbocycles. The molecule has 4 aliphatic rings. The molecule has 0 saturated carbocycles. The molecule has 0 atom stereocenters. The van der Waals surface area contributed by atoms with E-state index in [1.165, 1.54) is 11.4 Å². The van der Waals surface area contributed by atoms with Gasteiger partial charge in [0.1, 0.15) is 25.6 Å². The molecule has 0 spiro atoms. The third kappa shape index (κ3) is 14.2. The van der Waals surface area contributed by atoms with E-state index < -0.39 is 0 Å². The lowest BCUT2D eigenvalue weighted by atomic mass is 9.80. The minimum Gasteiger partial charge on any atom is -0.506 e. The van der Waals surface area contributed by atoms with Crippen molar-refractivity contribution in [1.29, 1.82) is 0 Å². The predicted molar refractivity (Wildman–Crippen MR) is 301 cm³/mol. The van der Waals surface area contributed by atoms with Crippen molar-refractivity contribution in [2.75, 3.05) is 97.7 Å². The Hall–Kier alpha value is -4.71. The van der Waals surface area contributed by atoms with Gasteiger partial charge in [0.05, 0.1) is 33.8 Å². The van der Waals surface area contributed by atoms with Crippen molar-refractivity contribution in [3.05, 3.63) is 142 Å². The van der Waals surface area contributed by atoms with Crippen molar-refractivity contribution < 1.29 is 29.0 Å². The number of anilines is 2. The molecule has 0 unspecified atom stereocenters. The van der Waals surface area contributed by atoms with Crippen molar-refractivity contribution in [2.24, 2.45) is 0 Å². The van der Waals surface area contributed by atoms with Gasteiger partial charge < -0.3 is 20.0 Å². The number of hydrogen-bond acceptors (Lipinski definition) is 9. The van der Waals surface area contributed by atoms with Gasteiger partial charge >= 0.3 is 0 Å². The molecule has 6 rings (SSSR count). The highest BCUT2D eigenvalue weighted by Gasteiger charge is 2.38. The van der Waals surface area contributed by atoms with Gasteiger partial charge in [-0.25, -0.2) is 9.15 Å². The Kier molecular flexibility index (Phi) is 21.5. The molecule has 0 bridgehead atoms. The van der Waals surface area contributed by atoms with Gasteiger partial charge in [-0.1, -0.05) is 77.6 Å². The normalized spacial score (nSPS) is 15.5. The molecule has 69 heavy (non-hydrogen) atoms. The summed E-state index contributed by atoms with van der Waals surface area (Å²) in [5.74, 6) is 6.58. The van der Waals surface area contributed by atoms with Gasteiger partial charge in [-0.2, -0.15) is 35.3 Å². The maximum absolute atomic E-state index is 13.3.